The summed E-state index contributed by atoms with van der Waals surface area (Å²) >= 11 is 0. The summed E-state index contributed by atoms with van der Waals surface area (Å²) in [6.07, 6.45) is 5.21. The van der Waals surface area contributed by atoms with Gasteiger partial charge in [-0.3, -0.25) is 24.7 Å². The highest BCUT2D eigenvalue weighted by atomic mass is 16.6. The molecule has 1 aromatic carbocycles. The summed E-state index contributed by atoms with van der Waals surface area (Å²) in [6.45, 7) is 1.77. The van der Waals surface area contributed by atoms with Gasteiger partial charge in [0, 0.05) is 29.8 Å². The first kappa shape index (κ1) is 19.2. The Kier molecular flexibility index (Phi) is 4.97. The number of benzene rings is 1. The third-order valence-corrected chi connectivity index (χ3v) is 4.74. The van der Waals surface area contributed by atoms with Crippen LogP contribution < -0.4 is 10.9 Å². The van der Waals surface area contributed by atoms with Crippen molar-refractivity contribution in [1.82, 2.24) is 19.7 Å². The Labute approximate surface area is 170 Å². The van der Waals surface area contributed by atoms with E-state index in [1.54, 1.807) is 31.2 Å². The fourth-order valence-corrected chi connectivity index (χ4v) is 3.33. The maximum Gasteiger partial charge on any atom is 0.269 e. The normalized spacial score (nSPS) is 12.8. The molecule has 0 aliphatic heterocycles. The number of non-ortho nitro benzene ring substituents is 1. The van der Waals surface area contributed by atoms with Crippen LogP contribution >= 0.6 is 0 Å². The smallest absolute Gasteiger partial charge is 0.269 e. The summed E-state index contributed by atoms with van der Waals surface area (Å²) in [5, 5.41) is 17.8. The molecule has 10 heteroatoms. The summed E-state index contributed by atoms with van der Waals surface area (Å²) < 4.78 is 1.40. The molecule has 0 unspecified atom stereocenters. The highest BCUT2D eigenvalue weighted by molar-refractivity contribution is 6.01. The monoisotopic (exact) mass is 406 g/mol. The van der Waals surface area contributed by atoms with Gasteiger partial charge in [-0.1, -0.05) is 0 Å². The molecule has 2 heterocycles. The van der Waals surface area contributed by atoms with Gasteiger partial charge in [0.2, 0.25) is 11.9 Å². The summed E-state index contributed by atoms with van der Waals surface area (Å²) in [4.78, 5) is 42.1. The zero-order chi connectivity index (χ0) is 21.3. The van der Waals surface area contributed by atoms with Gasteiger partial charge < -0.3 is 5.32 Å². The van der Waals surface area contributed by atoms with Crippen LogP contribution in [0.1, 0.15) is 28.9 Å². The van der Waals surface area contributed by atoms with Gasteiger partial charge >= 0.3 is 0 Å². The molecule has 0 saturated heterocycles. The number of nitro groups is 1. The van der Waals surface area contributed by atoms with Crippen LogP contribution in [0.15, 0.2) is 41.2 Å². The number of amides is 1. The molecule has 2 aromatic heterocycles. The highest BCUT2D eigenvalue weighted by Gasteiger charge is 2.19. The van der Waals surface area contributed by atoms with Crippen LogP contribution in [0.25, 0.3) is 12.0 Å². The van der Waals surface area contributed by atoms with Crippen LogP contribution in [0.2, 0.25) is 0 Å². The van der Waals surface area contributed by atoms with E-state index < -0.39 is 10.8 Å². The van der Waals surface area contributed by atoms with Crippen molar-refractivity contribution in [3.8, 4) is 5.95 Å². The second-order valence-electron chi connectivity index (χ2n) is 6.92. The third kappa shape index (κ3) is 3.88. The van der Waals surface area contributed by atoms with E-state index in [2.05, 4.69) is 20.4 Å². The molecule has 152 valence electrons. The number of aromatic nitrogens is 4. The van der Waals surface area contributed by atoms with Crippen LogP contribution in [-0.4, -0.2) is 30.6 Å². The lowest BCUT2D eigenvalue weighted by atomic mass is 10.2. The highest BCUT2D eigenvalue weighted by Crippen LogP contribution is 2.19. The van der Waals surface area contributed by atoms with Crippen molar-refractivity contribution < 1.29 is 9.72 Å². The number of hydrogen-bond acceptors (Lipinski definition) is 6. The van der Waals surface area contributed by atoms with E-state index in [0.29, 0.717) is 29.1 Å². The average Bonchev–Trinajstić information content (AvgIpc) is 3.33. The van der Waals surface area contributed by atoms with E-state index in [0.717, 1.165) is 18.5 Å². The minimum atomic E-state index is -0.485. The minimum absolute atomic E-state index is 0.0215. The predicted molar refractivity (Wildman–Crippen MR) is 110 cm³/mol. The van der Waals surface area contributed by atoms with Gasteiger partial charge in [-0.25, -0.2) is 4.98 Å². The second-order valence-corrected chi connectivity index (χ2v) is 6.92. The number of rotatable bonds is 5. The van der Waals surface area contributed by atoms with Crippen molar-refractivity contribution in [2.24, 2.45) is 0 Å². The van der Waals surface area contributed by atoms with Crippen molar-refractivity contribution in [1.29, 1.82) is 0 Å². The molecular weight excluding hydrogens is 388 g/mol. The number of anilines is 1. The molecule has 0 saturated carbocycles. The number of aryl methyl sites for hydroxylation is 2. The Morgan fingerprint density at radius 2 is 2.07 bits per heavy atom. The van der Waals surface area contributed by atoms with E-state index in [1.165, 1.54) is 22.9 Å². The Hall–Kier alpha value is -4.08. The molecular formula is C20H18N6O4. The van der Waals surface area contributed by atoms with Gasteiger partial charge in [0.05, 0.1) is 16.3 Å². The summed E-state index contributed by atoms with van der Waals surface area (Å²) in [6, 6.07) is 7.51. The lowest BCUT2D eigenvalue weighted by molar-refractivity contribution is -0.384. The van der Waals surface area contributed by atoms with E-state index >= 15 is 0 Å². The first-order valence-electron chi connectivity index (χ1n) is 9.33. The quantitative estimate of drug-likeness (QED) is 0.379. The molecule has 0 bridgehead atoms. The minimum Gasteiger partial charge on any atom is -0.307 e. The summed E-state index contributed by atoms with van der Waals surface area (Å²) in [5.74, 6) is 0.202. The third-order valence-electron chi connectivity index (χ3n) is 4.74. The molecule has 0 radical (unpaired) electrons. The second kappa shape index (κ2) is 7.74. The van der Waals surface area contributed by atoms with E-state index in [4.69, 9.17) is 0 Å². The molecule has 1 aliphatic rings. The molecule has 0 fully saturated rings. The van der Waals surface area contributed by atoms with Crippen molar-refractivity contribution in [2.45, 2.75) is 26.2 Å². The molecule has 3 aromatic rings. The number of aromatic amines is 1. The SMILES string of the molecule is Cc1cc(NC(=O)C=Cc2ccc([N+](=O)[O-])cc2)n(-c2nc3c(c(=O)[nH]2)CCC3)n1. The van der Waals surface area contributed by atoms with Gasteiger partial charge in [0.25, 0.3) is 11.2 Å². The van der Waals surface area contributed by atoms with Gasteiger partial charge in [0.1, 0.15) is 5.82 Å². The van der Waals surface area contributed by atoms with Gasteiger partial charge in [-0.15, -0.1) is 0 Å². The molecule has 30 heavy (non-hydrogen) atoms. The standard InChI is InChI=1S/C20H18N6O4/c1-12-11-17(22-18(27)10-7-13-5-8-14(9-6-13)26(29)30)25(24-12)20-21-16-4-2-3-15(16)19(28)23-20/h5-11H,2-4H2,1H3,(H,22,27)(H,21,23,28). The predicted octanol–water partition coefficient (Wildman–Crippen LogP) is 2.31. The first-order chi connectivity index (χ1) is 14.4. The van der Waals surface area contributed by atoms with Crippen molar-refractivity contribution in [3.63, 3.8) is 0 Å². The van der Waals surface area contributed by atoms with Crippen molar-refractivity contribution in [3.05, 3.63) is 79.4 Å². The molecule has 1 amide bonds. The molecule has 10 nitrogen and oxygen atoms in total. The van der Waals surface area contributed by atoms with Gasteiger partial charge in [-0.2, -0.15) is 9.78 Å². The number of carbonyl (C=O) groups excluding carboxylic acids is 1. The number of fused-ring (bicyclic) bond motifs is 1. The topological polar surface area (TPSA) is 136 Å². The fourth-order valence-electron chi connectivity index (χ4n) is 3.33. The van der Waals surface area contributed by atoms with Crippen LogP contribution in [0, 0.1) is 17.0 Å². The van der Waals surface area contributed by atoms with Crippen LogP contribution in [0.3, 0.4) is 0 Å². The maximum atomic E-state index is 12.4. The Bertz CT molecular complexity index is 1220. The number of hydrogen-bond donors (Lipinski definition) is 2. The first-order valence-corrected chi connectivity index (χ1v) is 9.33. The van der Waals surface area contributed by atoms with E-state index in [9.17, 15) is 19.7 Å². The van der Waals surface area contributed by atoms with E-state index in [-0.39, 0.29) is 17.2 Å². The van der Waals surface area contributed by atoms with Crippen molar-refractivity contribution >= 4 is 23.5 Å². The number of H-pyrrole nitrogens is 1. The summed E-state index contributed by atoms with van der Waals surface area (Å²) in [7, 11) is 0. The zero-order valence-corrected chi connectivity index (χ0v) is 16.1. The number of nitrogens with zero attached hydrogens (tertiary/aromatic N) is 4. The summed E-state index contributed by atoms with van der Waals surface area (Å²) in [5.41, 5.74) is 2.55. The van der Waals surface area contributed by atoms with Crippen LogP contribution in [0.4, 0.5) is 11.5 Å². The van der Waals surface area contributed by atoms with Crippen LogP contribution in [0.5, 0.6) is 0 Å². The molecule has 1 aliphatic carbocycles. The average molecular weight is 406 g/mol. The Morgan fingerprint density at radius 1 is 1.30 bits per heavy atom. The van der Waals surface area contributed by atoms with Gasteiger partial charge in [0.15, 0.2) is 0 Å². The molecule has 4 rings (SSSR count). The molecule has 0 atom stereocenters. The maximum absolute atomic E-state index is 12.4. The van der Waals surface area contributed by atoms with E-state index in [1.807, 2.05) is 0 Å². The van der Waals surface area contributed by atoms with Crippen molar-refractivity contribution in [2.75, 3.05) is 5.32 Å². The largest absolute Gasteiger partial charge is 0.307 e. The number of nitrogens with one attached hydrogen (secondary N) is 2. The number of carbonyl (C=O) groups is 1. The van der Waals surface area contributed by atoms with Gasteiger partial charge in [-0.05, 0) is 50.0 Å². The zero-order valence-electron chi connectivity index (χ0n) is 16.1. The molecule has 2 N–H and O–H groups in total. The molecule has 0 spiro atoms. The Morgan fingerprint density at radius 3 is 2.80 bits per heavy atom. The fraction of sp³-hybridized carbons (Fsp3) is 0.200. The number of nitro benzene ring substituents is 1. The lowest BCUT2D eigenvalue weighted by Crippen LogP contribution is -2.20. The van der Waals surface area contributed by atoms with Crippen LogP contribution in [-0.2, 0) is 17.6 Å². The lowest BCUT2D eigenvalue weighted by Gasteiger charge is -2.08. The Balaban J connectivity index is 1.54.